The number of benzene rings is 1. The molecule has 1 aromatic rings. The quantitative estimate of drug-likeness (QED) is 0.480. The Morgan fingerprint density at radius 1 is 1.00 bits per heavy atom. The van der Waals surface area contributed by atoms with Crippen LogP contribution in [0.15, 0.2) is 24.3 Å². The number of piperazine rings is 1. The molecule has 0 atom stereocenters. The van der Waals surface area contributed by atoms with Gasteiger partial charge in [-0.05, 0) is 57.6 Å². The van der Waals surface area contributed by atoms with E-state index in [-0.39, 0.29) is 5.97 Å². The monoisotopic (exact) mass is 348 g/mol. The molecule has 1 aromatic carbocycles. The largest absolute Gasteiger partial charge is 0.494 e. The number of rotatable bonds is 10. The van der Waals surface area contributed by atoms with Gasteiger partial charge in [0.15, 0.2) is 0 Å². The Hall–Kier alpha value is -1.59. The van der Waals surface area contributed by atoms with Crippen molar-refractivity contribution in [3.63, 3.8) is 0 Å². The SMILES string of the molecule is CCOC(=O)c1ccc(OCCCCCCN2CCN(C)CC2)cc1. The predicted molar refractivity (Wildman–Crippen MR) is 100 cm³/mol. The number of unbranched alkanes of at least 4 members (excludes halogenated alkanes) is 3. The number of nitrogens with zero attached hydrogens (tertiary/aromatic N) is 2. The van der Waals surface area contributed by atoms with E-state index in [0.29, 0.717) is 12.2 Å². The predicted octanol–water partition coefficient (Wildman–Crippen LogP) is 3.05. The van der Waals surface area contributed by atoms with Crippen molar-refractivity contribution in [3.8, 4) is 5.75 Å². The minimum atomic E-state index is -0.283. The molecule has 0 N–H and O–H groups in total. The van der Waals surface area contributed by atoms with E-state index in [2.05, 4.69) is 16.8 Å². The number of ether oxygens (including phenoxy) is 2. The smallest absolute Gasteiger partial charge is 0.338 e. The summed E-state index contributed by atoms with van der Waals surface area (Å²) in [5.74, 6) is 0.528. The minimum Gasteiger partial charge on any atom is -0.494 e. The fourth-order valence-corrected chi connectivity index (χ4v) is 2.95. The summed E-state index contributed by atoms with van der Waals surface area (Å²) < 4.78 is 10.7. The number of hydrogen-bond acceptors (Lipinski definition) is 5. The molecule has 5 nitrogen and oxygen atoms in total. The van der Waals surface area contributed by atoms with Crippen LogP contribution in [0.5, 0.6) is 5.75 Å². The highest BCUT2D eigenvalue weighted by atomic mass is 16.5. The fourth-order valence-electron chi connectivity index (χ4n) is 2.95. The van der Waals surface area contributed by atoms with Gasteiger partial charge in [-0.2, -0.15) is 0 Å². The molecule has 140 valence electrons. The van der Waals surface area contributed by atoms with E-state index >= 15 is 0 Å². The number of hydrogen-bond donors (Lipinski definition) is 0. The first-order chi connectivity index (χ1) is 12.2. The Morgan fingerprint density at radius 3 is 2.36 bits per heavy atom. The van der Waals surface area contributed by atoms with Crippen LogP contribution in [0.25, 0.3) is 0 Å². The zero-order valence-electron chi connectivity index (χ0n) is 15.7. The zero-order valence-corrected chi connectivity index (χ0v) is 15.7. The van der Waals surface area contributed by atoms with Crippen molar-refractivity contribution < 1.29 is 14.3 Å². The van der Waals surface area contributed by atoms with Crippen LogP contribution in [0.2, 0.25) is 0 Å². The second kappa shape index (κ2) is 11.1. The lowest BCUT2D eigenvalue weighted by atomic mass is 10.2. The summed E-state index contributed by atoms with van der Waals surface area (Å²) in [6, 6.07) is 7.17. The van der Waals surface area contributed by atoms with Gasteiger partial charge in [-0.25, -0.2) is 4.79 Å². The van der Waals surface area contributed by atoms with Crippen LogP contribution >= 0.6 is 0 Å². The lowest BCUT2D eigenvalue weighted by Crippen LogP contribution is -2.44. The fraction of sp³-hybridized carbons (Fsp3) is 0.650. The average Bonchev–Trinajstić information content (AvgIpc) is 2.63. The molecule has 2 rings (SSSR count). The summed E-state index contributed by atoms with van der Waals surface area (Å²) in [6.45, 7) is 8.97. The van der Waals surface area contributed by atoms with Crippen LogP contribution in [0, 0.1) is 0 Å². The van der Waals surface area contributed by atoms with E-state index in [1.54, 1.807) is 19.1 Å². The van der Waals surface area contributed by atoms with Crippen LogP contribution in [0.1, 0.15) is 43.0 Å². The third-order valence-electron chi connectivity index (χ3n) is 4.60. The highest BCUT2D eigenvalue weighted by Gasteiger charge is 2.12. The van der Waals surface area contributed by atoms with E-state index in [4.69, 9.17) is 9.47 Å². The molecule has 5 heteroatoms. The summed E-state index contributed by atoms with van der Waals surface area (Å²) >= 11 is 0. The Kier molecular flexibility index (Phi) is 8.77. The number of esters is 1. The maximum atomic E-state index is 11.6. The molecule has 25 heavy (non-hydrogen) atoms. The first-order valence-electron chi connectivity index (χ1n) is 9.50. The van der Waals surface area contributed by atoms with Crippen molar-refractivity contribution in [2.45, 2.75) is 32.6 Å². The van der Waals surface area contributed by atoms with Gasteiger partial charge in [-0.3, -0.25) is 0 Å². The molecular weight excluding hydrogens is 316 g/mol. The maximum Gasteiger partial charge on any atom is 0.338 e. The molecule has 0 amide bonds. The normalized spacial score (nSPS) is 15.9. The molecule has 1 aliphatic heterocycles. The lowest BCUT2D eigenvalue weighted by Gasteiger charge is -2.32. The van der Waals surface area contributed by atoms with Crippen LogP contribution in [-0.2, 0) is 4.74 Å². The maximum absolute atomic E-state index is 11.6. The van der Waals surface area contributed by atoms with E-state index < -0.39 is 0 Å². The first-order valence-corrected chi connectivity index (χ1v) is 9.50. The van der Waals surface area contributed by atoms with E-state index in [0.717, 1.165) is 18.8 Å². The third-order valence-corrected chi connectivity index (χ3v) is 4.60. The topological polar surface area (TPSA) is 42.0 Å². The molecule has 1 heterocycles. The molecule has 0 aliphatic carbocycles. The van der Waals surface area contributed by atoms with Gasteiger partial charge in [0.25, 0.3) is 0 Å². The summed E-state index contributed by atoms with van der Waals surface area (Å²) in [6.07, 6.45) is 4.81. The van der Waals surface area contributed by atoms with Gasteiger partial charge in [-0.1, -0.05) is 12.8 Å². The van der Waals surface area contributed by atoms with Gasteiger partial charge in [0.2, 0.25) is 0 Å². The lowest BCUT2D eigenvalue weighted by molar-refractivity contribution is 0.0526. The Morgan fingerprint density at radius 2 is 1.68 bits per heavy atom. The summed E-state index contributed by atoms with van der Waals surface area (Å²) in [7, 11) is 2.20. The molecule has 0 radical (unpaired) electrons. The van der Waals surface area contributed by atoms with E-state index in [1.807, 2.05) is 12.1 Å². The number of likely N-dealkylation sites (N-methyl/N-ethyl adjacent to an activating group) is 1. The number of carbonyl (C=O) groups is 1. The Balaban J connectivity index is 1.50. The standard InChI is InChI=1S/C20H32N2O3/c1-3-24-20(23)18-8-10-19(11-9-18)25-17-7-5-4-6-12-22-15-13-21(2)14-16-22/h8-11H,3-7,12-17H2,1-2H3. The van der Waals surface area contributed by atoms with Gasteiger partial charge < -0.3 is 19.3 Å². The molecule has 0 aromatic heterocycles. The van der Waals surface area contributed by atoms with Crippen LogP contribution in [0.3, 0.4) is 0 Å². The summed E-state index contributed by atoms with van der Waals surface area (Å²) in [5, 5.41) is 0. The first kappa shape index (κ1) is 19.7. The second-order valence-electron chi connectivity index (χ2n) is 6.65. The van der Waals surface area contributed by atoms with Gasteiger partial charge in [0.1, 0.15) is 5.75 Å². The molecule has 0 unspecified atom stereocenters. The van der Waals surface area contributed by atoms with Crippen molar-refractivity contribution in [1.82, 2.24) is 9.80 Å². The minimum absolute atomic E-state index is 0.283. The average molecular weight is 348 g/mol. The van der Waals surface area contributed by atoms with Gasteiger partial charge in [-0.15, -0.1) is 0 Å². The van der Waals surface area contributed by atoms with Gasteiger partial charge in [0, 0.05) is 26.2 Å². The Bertz CT molecular complexity index is 496. The Labute approximate surface area is 151 Å². The van der Waals surface area contributed by atoms with Crippen LogP contribution in [0.4, 0.5) is 0 Å². The van der Waals surface area contributed by atoms with Crippen molar-refractivity contribution in [3.05, 3.63) is 29.8 Å². The molecule has 0 spiro atoms. The molecule has 1 saturated heterocycles. The molecule has 0 bridgehead atoms. The highest BCUT2D eigenvalue weighted by molar-refractivity contribution is 5.89. The van der Waals surface area contributed by atoms with Crippen molar-refractivity contribution >= 4 is 5.97 Å². The molecule has 0 saturated carbocycles. The summed E-state index contributed by atoms with van der Waals surface area (Å²) in [5.41, 5.74) is 0.568. The van der Waals surface area contributed by atoms with Crippen molar-refractivity contribution in [1.29, 1.82) is 0 Å². The molecule has 1 aliphatic rings. The molecule has 1 fully saturated rings. The van der Waals surface area contributed by atoms with Gasteiger partial charge in [0.05, 0.1) is 18.8 Å². The van der Waals surface area contributed by atoms with E-state index in [9.17, 15) is 4.79 Å². The van der Waals surface area contributed by atoms with Crippen LogP contribution in [-0.4, -0.2) is 68.8 Å². The summed E-state index contributed by atoms with van der Waals surface area (Å²) in [4.78, 5) is 16.5. The van der Waals surface area contributed by atoms with Crippen LogP contribution < -0.4 is 4.74 Å². The van der Waals surface area contributed by atoms with Crippen molar-refractivity contribution in [2.75, 3.05) is 53.0 Å². The second-order valence-corrected chi connectivity index (χ2v) is 6.65. The third kappa shape index (κ3) is 7.45. The highest BCUT2D eigenvalue weighted by Crippen LogP contribution is 2.14. The van der Waals surface area contributed by atoms with Gasteiger partial charge >= 0.3 is 5.97 Å². The zero-order chi connectivity index (χ0) is 17.9. The van der Waals surface area contributed by atoms with E-state index in [1.165, 1.54) is 52.0 Å². The number of carbonyl (C=O) groups excluding carboxylic acids is 1. The molecular formula is C20H32N2O3. The van der Waals surface area contributed by atoms with Crippen molar-refractivity contribution in [2.24, 2.45) is 0 Å².